The minimum atomic E-state index is -0.203. The van der Waals surface area contributed by atoms with Crippen LogP contribution in [0.25, 0.3) is 11.1 Å². The van der Waals surface area contributed by atoms with E-state index in [0.717, 1.165) is 33.9 Å². The smallest absolute Gasteiger partial charge is 0.271 e. The molecule has 7 heteroatoms. The highest BCUT2D eigenvalue weighted by atomic mass is 16.1. The summed E-state index contributed by atoms with van der Waals surface area (Å²) in [5, 5.41) is 6.46. The molecule has 2 aromatic heterocycles. The van der Waals surface area contributed by atoms with Gasteiger partial charge in [0.15, 0.2) is 0 Å². The van der Waals surface area contributed by atoms with E-state index in [9.17, 15) is 4.79 Å². The van der Waals surface area contributed by atoms with Gasteiger partial charge in [0.25, 0.3) is 5.91 Å². The lowest BCUT2D eigenvalue weighted by Crippen LogP contribution is -2.24. The maximum atomic E-state index is 12.8. The number of hydrogen-bond acceptors (Lipinski definition) is 5. The fourth-order valence-electron chi connectivity index (χ4n) is 4.30. The molecule has 0 aliphatic carbocycles. The summed E-state index contributed by atoms with van der Waals surface area (Å²) < 4.78 is 2.04. The number of aryl methyl sites for hydroxylation is 2. The van der Waals surface area contributed by atoms with Crippen LogP contribution < -0.4 is 16.4 Å². The van der Waals surface area contributed by atoms with Crippen molar-refractivity contribution in [2.75, 3.05) is 11.1 Å². The second-order valence-corrected chi connectivity index (χ2v) is 8.37. The molecule has 166 valence electrons. The van der Waals surface area contributed by atoms with Gasteiger partial charge in [0.05, 0.1) is 13.1 Å². The van der Waals surface area contributed by atoms with E-state index in [1.54, 1.807) is 0 Å². The summed E-state index contributed by atoms with van der Waals surface area (Å²) in [5.41, 5.74) is 13.6. The number of imidazole rings is 1. The second-order valence-electron chi connectivity index (χ2n) is 8.37. The third kappa shape index (κ3) is 4.17. The van der Waals surface area contributed by atoms with E-state index >= 15 is 0 Å². The van der Waals surface area contributed by atoms with Crippen molar-refractivity contribution in [3.05, 3.63) is 94.7 Å². The van der Waals surface area contributed by atoms with Crippen molar-refractivity contribution < 1.29 is 4.79 Å². The van der Waals surface area contributed by atoms with E-state index in [4.69, 9.17) is 5.73 Å². The van der Waals surface area contributed by atoms with Crippen LogP contribution in [0.5, 0.6) is 0 Å². The van der Waals surface area contributed by atoms with Gasteiger partial charge >= 0.3 is 0 Å². The Hall–Kier alpha value is -4.13. The minimum Gasteiger partial charge on any atom is -0.384 e. The molecule has 7 nitrogen and oxygen atoms in total. The average Bonchev–Trinajstić information content (AvgIpc) is 3.13. The standard InChI is InChI=1S/C26H26N6O/c1-16-10-24(27)30-17(2)21(16)12-29-26(33)23-15-32-14-20-9-8-19(18-6-4-3-5-7-18)11-22(20)28-13-25(32)31-23/h3-11,15,28H,12-14H2,1-2H3,(H2,27,30)(H,29,33). The van der Waals surface area contributed by atoms with Gasteiger partial charge < -0.3 is 20.9 Å². The molecular formula is C26H26N6O. The zero-order valence-corrected chi connectivity index (χ0v) is 18.7. The molecule has 0 bridgehead atoms. The van der Waals surface area contributed by atoms with Crippen LogP contribution in [0.2, 0.25) is 0 Å². The van der Waals surface area contributed by atoms with E-state index in [1.807, 2.05) is 48.9 Å². The molecule has 1 amide bonds. The molecule has 0 fully saturated rings. The highest BCUT2D eigenvalue weighted by molar-refractivity contribution is 5.92. The minimum absolute atomic E-state index is 0.203. The largest absolute Gasteiger partial charge is 0.384 e. The average molecular weight is 439 g/mol. The lowest BCUT2D eigenvalue weighted by Gasteiger charge is -2.11. The maximum Gasteiger partial charge on any atom is 0.271 e. The lowest BCUT2D eigenvalue weighted by atomic mass is 10.0. The Morgan fingerprint density at radius 2 is 1.91 bits per heavy atom. The van der Waals surface area contributed by atoms with Crippen molar-refractivity contribution in [1.29, 1.82) is 0 Å². The molecule has 0 atom stereocenters. The highest BCUT2D eigenvalue weighted by Crippen LogP contribution is 2.28. The number of aromatic nitrogens is 3. The predicted octanol–water partition coefficient (Wildman–Crippen LogP) is 4.05. The maximum absolute atomic E-state index is 12.8. The number of hydrogen-bond donors (Lipinski definition) is 3. The first kappa shape index (κ1) is 20.8. The molecular weight excluding hydrogens is 412 g/mol. The van der Waals surface area contributed by atoms with Crippen molar-refractivity contribution in [3.63, 3.8) is 0 Å². The van der Waals surface area contributed by atoms with Gasteiger partial charge in [-0.3, -0.25) is 4.79 Å². The number of amides is 1. The number of nitrogen functional groups attached to an aromatic ring is 1. The quantitative estimate of drug-likeness (QED) is 0.447. The summed E-state index contributed by atoms with van der Waals surface area (Å²) in [6.07, 6.45) is 1.83. The Bertz CT molecular complexity index is 1320. The Balaban J connectivity index is 1.32. The molecule has 33 heavy (non-hydrogen) atoms. The van der Waals surface area contributed by atoms with Gasteiger partial charge in [-0.1, -0.05) is 42.5 Å². The van der Waals surface area contributed by atoms with Crippen LogP contribution in [0, 0.1) is 13.8 Å². The fourth-order valence-corrected chi connectivity index (χ4v) is 4.30. The number of benzene rings is 2. The summed E-state index contributed by atoms with van der Waals surface area (Å²) in [6.45, 7) is 5.47. The SMILES string of the molecule is Cc1cc(N)nc(C)c1CNC(=O)c1cn2c(n1)CNc1cc(-c3ccccc3)ccc1C2. The van der Waals surface area contributed by atoms with E-state index in [-0.39, 0.29) is 5.91 Å². The summed E-state index contributed by atoms with van der Waals surface area (Å²) in [4.78, 5) is 21.7. The predicted molar refractivity (Wildman–Crippen MR) is 130 cm³/mol. The number of carbonyl (C=O) groups is 1. The van der Waals surface area contributed by atoms with Crippen LogP contribution in [-0.4, -0.2) is 20.4 Å². The van der Waals surface area contributed by atoms with Crippen LogP contribution >= 0.6 is 0 Å². The van der Waals surface area contributed by atoms with Crippen molar-refractivity contribution in [1.82, 2.24) is 19.9 Å². The summed E-state index contributed by atoms with van der Waals surface area (Å²) in [7, 11) is 0. The number of nitrogens with one attached hydrogen (secondary N) is 2. The number of pyridine rings is 1. The number of rotatable bonds is 4. The van der Waals surface area contributed by atoms with Crippen molar-refractivity contribution in [2.24, 2.45) is 0 Å². The first-order valence-electron chi connectivity index (χ1n) is 11.0. The number of anilines is 2. The molecule has 5 rings (SSSR count). The van der Waals surface area contributed by atoms with Crippen LogP contribution in [-0.2, 0) is 19.6 Å². The number of fused-ring (bicyclic) bond motifs is 2. The highest BCUT2D eigenvalue weighted by Gasteiger charge is 2.19. The molecule has 3 heterocycles. The zero-order chi connectivity index (χ0) is 22.9. The van der Waals surface area contributed by atoms with E-state index in [2.05, 4.69) is 50.9 Å². The molecule has 0 radical (unpaired) electrons. The van der Waals surface area contributed by atoms with Gasteiger partial charge in [0, 0.05) is 24.1 Å². The Kier molecular flexibility index (Phi) is 5.30. The lowest BCUT2D eigenvalue weighted by molar-refractivity contribution is 0.0946. The summed E-state index contributed by atoms with van der Waals surface area (Å²) >= 11 is 0. The first-order valence-corrected chi connectivity index (χ1v) is 11.0. The van der Waals surface area contributed by atoms with Gasteiger partial charge in [-0.05, 0) is 53.8 Å². The molecule has 1 aliphatic heterocycles. The van der Waals surface area contributed by atoms with Crippen LogP contribution in [0.3, 0.4) is 0 Å². The third-order valence-corrected chi connectivity index (χ3v) is 6.09. The van der Waals surface area contributed by atoms with Gasteiger partial charge in [-0.25, -0.2) is 9.97 Å². The zero-order valence-electron chi connectivity index (χ0n) is 18.7. The number of nitrogens with two attached hydrogens (primary N) is 1. The van der Waals surface area contributed by atoms with Gasteiger partial charge in [-0.15, -0.1) is 0 Å². The second kappa shape index (κ2) is 8.43. The van der Waals surface area contributed by atoms with Crippen molar-refractivity contribution >= 4 is 17.4 Å². The van der Waals surface area contributed by atoms with Crippen LogP contribution in [0.15, 0.2) is 60.8 Å². The van der Waals surface area contributed by atoms with Crippen LogP contribution in [0.4, 0.5) is 11.5 Å². The summed E-state index contributed by atoms with van der Waals surface area (Å²) in [5.74, 6) is 1.12. The number of nitrogens with zero attached hydrogens (tertiary/aromatic N) is 3. The molecule has 0 saturated carbocycles. The molecule has 0 saturated heterocycles. The first-order chi connectivity index (χ1) is 16.0. The van der Waals surface area contributed by atoms with E-state index < -0.39 is 0 Å². The van der Waals surface area contributed by atoms with E-state index in [1.165, 1.54) is 11.1 Å². The summed E-state index contributed by atoms with van der Waals surface area (Å²) in [6, 6.07) is 18.6. The van der Waals surface area contributed by atoms with Gasteiger partial charge in [0.1, 0.15) is 17.3 Å². The monoisotopic (exact) mass is 438 g/mol. The molecule has 2 aromatic carbocycles. The fraction of sp³-hybridized carbons (Fsp3) is 0.192. The number of carbonyl (C=O) groups excluding carboxylic acids is 1. The molecule has 4 aromatic rings. The third-order valence-electron chi connectivity index (χ3n) is 6.09. The van der Waals surface area contributed by atoms with Crippen molar-refractivity contribution in [2.45, 2.75) is 33.5 Å². The van der Waals surface area contributed by atoms with Crippen molar-refractivity contribution in [3.8, 4) is 11.1 Å². The Morgan fingerprint density at radius 3 is 2.70 bits per heavy atom. The Labute approximate surface area is 192 Å². The van der Waals surface area contributed by atoms with Gasteiger partial charge in [-0.2, -0.15) is 0 Å². The topological polar surface area (TPSA) is 97.9 Å². The Morgan fingerprint density at radius 1 is 1.09 bits per heavy atom. The molecule has 1 aliphatic rings. The molecule has 0 spiro atoms. The molecule has 0 unspecified atom stereocenters. The van der Waals surface area contributed by atoms with E-state index in [0.29, 0.717) is 31.1 Å². The normalized spacial score (nSPS) is 12.3. The molecule has 4 N–H and O–H groups in total. The van der Waals surface area contributed by atoms with Gasteiger partial charge in [0.2, 0.25) is 0 Å². The van der Waals surface area contributed by atoms with Crippen LogP contribution in [0.1, 0.15) is 38.7 Å².